The quantitative estimate of drug-likeness (QED) is 0.822. The molecule has 0 saturated heterocycles. The van der Waals surface area contributed by atoms with Gasteiger partial charge in [0, 0.05) is 11.6 Å². The second-order valence-corrected chi connectivity index (χ2v) is 3.25. The second-order valence-electron chi connectivity index (χ2n) is 3.25. The Balaban J connectivity index is 2.59. The van der Waals surface area contributed by atoms with E-state index >= 15 is 0 Å². The number of carbonyl (C=O) groups is 1. The van der Waals surface area contributed by atoms with Crippen LogP contribution in [0.15, 0.2) is 30.5 Å². The van der Waals surface area contributed by atoms with E-state index < -0.39 is 5.97 Å². The fourth-order valence-electron chi connectivity index (χ4n) is 1.67. The van der Waals surface area contributed by atoms with Crippen LogP contribution in [0.25, 0.3) is 10.9 Å². The van der Waals surface area contributed by atoms with Gasteiger partial charge in [-0.2, -0.15) is 4.73 Å². The summed E-state index contributed by atoms with van der Waals surface area (Å²) in [7, 11) is 1.55. The van der Waals surface area contributed by atoms with Crippen LogP contribution in [0.1, 0.15) is 5.56 Å². The molecule has 0 aliphatic heterocycles. The second kappa shape index (κ2) is 3.65. The van der Waals surface area contributed by atoms with Crippen LogP contribution in [-0.2, 0) is 11.2 Å². The molecule has 0 aliphatic carbocycles. The summed E-state index contributed by atoms with van der Waals surface area (Å²) in [5, 5.41) is 9.68. The molecule has 0 fully saturated rings. The Morgan fingerprint density at radius 2 is 2.20 bits per heavy atom. The normalized spacial score (nSPS) is 10.5. The average molecular weight is 205 g/mol. The number of aliphatic carboxylic acids is 1. The largest absolute Gasteiger partial charge is 0.481 e. The zero-order valence-electron chi connectivity index (χ0n) is 8.30. The van der Waals surface area contributed by atoms with E-state index in [9.17, 15) is 4.79 Å². The lowest BCUT2D eigenvalue weighted by Crippen LogP contribution is -2.03. The lowest BCUT2D eigenvalue weighted by Gasteiger charge is -2.00. The molecule has 2 rings (SSSR count). The summed E-state index contributed by atoms with van der Waals surface area (Å²) in [6.07, 6.45) is 1.72. The zero-order valence-corrected chi connectivity index (χ0v) is 8.30. The molecule has 2 aromatic rings. The van der Waals surface area contributed by atoms with Gasteiger partial charge in [0.1, 0.15) is 7.11 Å². The van der Waals surface area contributed by atoms with E-state index in [1.54, 1.807) is 18.0 Å². The van der Waals surface area contributed by atoms with Crippen LogP contribution >= 0.6 is 0 Å². The minimum absolute atomic E-state index is 0.0108. The van der Waals surface area contributed by atoms with Gasteiger partial charge in [-0.1, -0.05) is 18.2 Å². The first-order valence-corrected chi connectivity index (χ1v) is 4.57. The molecule has 1 aromatic carbocycles. The van der Waals surface area contributed by atoms with Crippen molar-refractivity contribution in [2.24, 2.45) is 0 Å². The smallest absolute Gasteiger partial charge is 0.307 e. The van der Waals surface area contributed by atoms with Gasteiger partial charge in [-0.3, -0.25) is 4.79 Å². The van der Waals surface area contributed by atoms with E-state index in [1.165, 1.54) is 0 Å². The monoisotopic (exact) mass is 205 g/mol. The Kier molecular flexibility index (Phi) is 2.33. The van der Waals surface area contributed by atoms with E-state index in [4.69, 9.17) is 9.94 Å². The van der Waals surface area contributed by atoms with Gasteiger partial charge in [-0.05, 0) is 11.6 Å². The number of carboxylic acid groups (broad SMARTS) is 1. The number of para-hydroxylation sites is 1. The number of aromatic nitrogens is 1. The molecule has 0 unspecified atom stereocenters. The topological polar surface area (TPSA) is 51.5 Å². The van der Waals surface area contributed by atoms with E-state index in [-0.39, 0.29) is 6.42 Å². The molecule has 1 aromatic heterocycles. The molecule has 15 heavy (non-hydrogen) atoms. The van der Waals surface area contributed by atoms with Gasteiger partial charge in [0.05, 0.1) is 11.9 Å². The van der Waals surface area contributed by atoms with E-state index in [0.717, 1.165) is 16.5 Å². The first kappa shape index (κ1) is 9.58. The molecule has 0 saturated carbocycles. The van der Waals surface area contributed by atoms with Gasteiger partial charge in [0.2, 0.25) is 0 Å². The molecular formula is C11H11NO3. The van der Waals surface area contributed by atoms with Crippen molar-refractivity contribution < 1.29 is 14.7 Å². The van der Waals surface area contributed by atoms with Gasteiger partial charge in [0.25, 0.3) is 0 Å². The number of hydrogen-bond donors (Lipinski definition) is 1. The molecule has 0 atom stereocenters. The Hall–Kier alpha value is -1.97. The first-order chi connectivity index (χ1) is 7.22. The summed E-state index contributed by atoms with van der Waals surface area (Å²) in [5.41, 5.74) is 1.65. The summed E-state index contributed by atoms with van der Waals surface area (Å²) in [5.74, 6) is -0.839. The van der Waals surface area contributed by atoms with Crippen LogP contribution < -0.4 is 4.84 Å². The standard InChI is InChI=1S/C11H11NO3/c1-15-12-7-8(6-11(13)14)9-4-2-3-5-10(9)12/h2-5,7H,6H2,1H3,(H,13,14). The van der Waals surface area contributed by atoms with Crippen molar-refractivity contribution in [1.29, 1.82) is 0 Å². The number of benzene rings is 1. The summed E-state index contributed by atoms with van der Waals surface area (Å²) in [4.78, 5) is 15.8. The highest BCUT2D eigenvalue weighted by atomic mass is 16.6. The lowest BCUT2D eigenvalue weighted by atomic mass is 10.1. The van der Waals surface area contributed by atoms with Crippen molar-refractivity contribution in [2.75, 3.05) is 7.11 Å². The number of nitrogens with zero attached hydrogens (tertiary/aromatic N) is 1. The van der Waals surface area contributed by atoms with Crippen LogP contribution in [0.4, 0.5) is 0 Å². The maximum Gasteiger partial charge on any atom is 0.307 e. The van der Waals surface area contributed by atoms with Gasteiger partial charge >= 0.3 is 5.97 Å². The van der Waals surface area contributed by atoms with Crippen molar-refractivity contribution in [3.05, 3.63) is 36.0 Å². The van der Waals surface area contributed by atoms with Crippen LogP contribution in [0.3, 0.4) is 0 Å². The molecular weight excluding hydrogens is 194 g/mol. The molecule has 4 heteroatoms. The summed E-state index contributed by atoms with van der Waals surface area (Å²) in [6.45, 7) is 0. The van der Waals surface area contributed by atoms with Crippen molar-refractivity contribution in [2.45, 2.75) is 6.42 Å². The van der Waals surface area contributed by atoms with Gasteiger partial charge in [-0.25, -0.2) is 0 Å². The maximum atomic E-state index is 10.7. The van der Waals surface area contributed by atoms with Crippen molar-refractivity contribution in [1.82, 2.24) is 4.73 Å². The molecule has 0 amide bonds. The number of hydrogen-bond acceptors (Lipinski definition) is 2. The number of rotatable bonds is 3. The first-order valence-electron chi connectivity index (χ1n) is 4.57. The van der Waals surface area contributed by atoms with Crippen molar-refractivity contribution in [3.8, 4) is 0 Å². The van der Waals surface area contributed by atoms with Crippen LogP contribution in [-0.4, -0.2) is 22.9 Å². The third-order valence-electron chi connectivity index (χ3n) is 2.30. The molecule has 0 bridgehead atoms. The SMILES string of the molecule is COn1cc(CC(=O)O)c2ccccc21. The maximum absolute atomic E-state index is 10.7. The summed E-state index contributed by atoms with van der Waals surface area (Å²) >= 11 is 0. The Bertz CT molecular complexity index is 502. The van der Waals surface area contributed by atoms with Gasteiger partial charge in [0.15, 0.2) is 0 Å². The molecule has 0 radical (unpaired) electrons. The molecule has 0 aliphatic rings. The van der Waals surface area contributed by atoms with E-state index in [0.29, 0.717) is 0 Å². The predicted molar refractivity (Wildman–Crippen MR) is 55.8 cm³/mol. The molecule has 78 valence electrons. The summed E-state index contributed by atoms with van der Waals surface area (Å²) < 4.78 is 1.58. The highest BCUT2D eigenvalue weighted by Crippen LogP contribution is 2.20. The van der Waals surface area contributed by atoms with Crippen LogP contribution in [0.2, 0.25) is 0 Å². The van der Waals surface area contributed by atoms with E-state index in [2.05, 4.69) is 0 Å². The minimum atomic E-state index is -0.839. The Morgan fingerprint density at radius 3 is 2.87 bits per heavy atom. The number of fused-ring (bicyclic) bond motifs is 1. The predicted octanol–water partition coefficient (Wildman–Crippen LogP) is 1.33. The Labute approximate surface area is 86.7 Å². The molecule has 4 nitrogen and oxygen atoms in total. The third-order valence-corrected chi connectivity index (χ3v) is 2.30. The molecule has 0 spiro atoms. The lowest BCUT2D eigenvalue weighted by molar-refractivity contribution is -0.136. The number of carboxylic acids is 1. The average Bonchev–Trinajstić information content (AvgIpc) is 2.56. The molecule has 1 N–H and O–H groups in total. The third kappa shape index (κ3) is 1.66. The van der Waals surface area contributed by atoms with Gasteiger partial charge < -0.3 is 9.94 Å². The van der Waals surface area contributed by atoms with Crippen LogP contribution in [0, 0.1) is 0 Å². The van der Waals surface area contributed by atoms with Crippen molar-refractivity contribution >= 4 is 16.9 Å². The van der Waals surface area contributed by atoms with Crippen LogP contribution in [0.5, 0.6) is 0 Å². The zero-order chi connectivity index (χ0) is 10.8. The molecule has 1 heterocycles. The highest BCUT2D eigenvalue weighted by Gasteiger charge is 2.10. The van der Waals surface area contributed by atoms with Crippen molar-refractivity contribution in [3.63, 3.8) is 0 Å². The highest BCUT2D eigenvalue weighted by molar-refractivity contribution is 5.87. The van der Waals surface area contributed by atoms with Gasteiger partial charge in [-0.15, -0.1) is 0 Å². The minimum Gasteiger partial charge on any atom is -0.481 e. The fraction of sp³-hybridized carbons (Fsp3) is 0.182. The fourth-order valence-corrected chi connectivity index (χ4v) is 1.67. The summed E-state index contributed by atoms with van der Waals surface area (Å²) in [6, 6.07) is 7.56. The van der Waals surface area contributed by atoms with E-state index in [1.807, 2.05) is 24.3 Å². The Morgan fingerprint density at radius 1 is 1.47 bits per heavy atom.